The fraction of sp³-hybridized carbons (Fsp3) is 0.619. The summed E-state index contributed by atoms with van der Waals surface area (Å²) in [5.74, 6) is 2.23. The number of ether oxygens (including phenoxy) is 1. The van der Waals surface area contributed by atoms with E-state index < -0.39 is 0 Å². The lowest BCUT2D eigenvalue weighted by atomic mass is 9.98. The van der Waals surface area contributed by atoms with Gasteiger partial charge in [0.2, 0.25) is 5.91 Å². The van der Waals surface area contributed by atoms with Crippen LogP contribution in [0.1, 0.15) is 38.5 Å². The van der Waals surface area contributed by atoms with Crippen LogP contribution in [0.15, 0.2) is 24.3 Å². The Kier molecular flexibility index (Phi) is 6.07. The van der Waals surface area contributed by atoms with Crippen LogP contribution in [-0.2, 0) is 9.59 Å². The van der Waals surface area contributed by atoms with Crippen molar-refractivity contribution in [2.24, 2.45) is 5.92 Å². The van der Waals surface area contributed by atoms with E-state index >= 15 is 0 Å². The summed E-state index contributed by atoms with van der Waals surface area (Å²) in [4.78, 5) is 29.5. The molecule has 2 aliphatic heterocycles. The first kappa shape index (κ1) is 19.9. The summed E-state index contributed by atoms with van der Waals surface area (Å²) in [5.41, 5.74) is 0. The SMILES string of the molecule is O=C(COc1ccc(Cl)cc1)N1CCC2(CC1)SCCN2C(=O)C1CCCC1. The summed E-state index contributed by atoms with van der Waals surface area (Å²) in [5, 5.41) is 0.644. The lowest BCUT2D eigenvalue weighted by molar-refractivity contribution is -0.141. The van der Waals surface area contributed by atoms with Gasteiger partial charge in [-0.15, -0.1) is 11.8 Å². The van der Waals surface area contributed by atoms with Crippen LogP contribution in [0.25, 0.3) is 0 Å². The second-order valence-corrected chi connectivity index (χ2v) is 9.78. The Balaban J connectivity index is 1.31. The Morgan fingerprint density at radius 1 is 1.11 bits per heavy atom. The molecule has 2 saturated heterocycles. The van der Waals surface area contributed by atoms with Crippen molar-refractivity contribution < 1.29 is 14.3 Å². The lowest BCUT2D eigenvalue weighted by Crippen LogP contribution is -2.55. The minimum absolute atomic E-state index is 0.00136. The van der Waals surface area contributed by atoms with Crippen molar-refractivity contribution in [2.45, 2.75) is 43.4 Å². The maximum atomic E-state index is 13.0. The van der Waals surface area contributed by atoms with Crippen molar-refractivity contribution >= 4 is 35.2 Å². The highest BCUT2D eigenvalue weighted by atomic mass is 35.5. The van der Waals surface area contributed by atoms with E-state index in [4.69, 9.17) is 16.3 Å². The molecule has 28 heavy (non-hydrogen) atoms. The van der Waals surface area contributed by atoms with Crippen molar-refractivity contribution in [1.29, 1.82) is 0 Å². The molecule has 1 aromatic rings. The van der Waals surface area contributed by atoms with E-state index in [2.05, 4.69) is 4.90 Å². The number of piperidine rings is 1. The number of carbonyl (C=O) groups is 2. The normalized spacial score (nSPS) is 22.0. The van der Waals surface area contributed by atoms with Crippen molar-refractivity contribution in [1.82, 2.24) is 9.80 Å². The van der Waals surface area contributed by atoms with Crippen molar-refractivity contribution in [2.75, 3.05) is 32.0 Å². The first-order valence-corrected chi connectivity index (χ1v) is 11.6. The molecule has 1 aliphatic carbocycles. The molecule has 0 unspecified atom stereocenters. The second-order valence-electron chi connectivity index (χ2n) is 7.89. The fourth-order valence-corrected chi connectivity index (χ4v) is 6.19. The largest absolute Gasteiger partial charge is 0.484 e. The van der Waals surface area contributed by atoms with E-state index in [1.54, 1.807) is 24.3 Å². The standard InChI is InChI=1S/C21H27ClN2O3S/c22-17-5-7-18(8-6-17)27-15-19(25)23-11-9-21(10-12-23)24(13-14-28-21)20(26)16-3-1-2-4-16/h5-8,16H,1-4,9-15H2. The number of amides is 2. The Hall–Kier alpha value is -1.40. The van der Waals surface area contributed by atoms with Gasteiger partial charge in [0.05, 0.1) is 4.87 Å². The number of nitrogens with zero attached hydrogens (tertiary/aromatic N) is 2. The summed E-state index contributed by atoms with van der Waals surface area (Å²) < 4.78 is 5.60. The van der Waals surface area contributed by atoms with Gasteiger partial charge in [0.1, 0.15) is 5.75 Å². The zero-order valence-electron chi connectivity index (χ0n) is 16.1. The number of rotatable bonds is 4. The molecule has 1 saturated carbocycles. The quantitative estimate of drug-likeness (QED) is 0.740. The topological polar surface area (TPSA) is 49.9 Å². The molecule has 0 atom stereocenters. The highest BCUT2D eigenvalue weighted by Crippen LogP contribution is 2.45. The molecule has 5 nitrogen and oxygen atoms in total. The molecule has 3 aliphatic rings. The van der Waals surface area contributed by atoms with Crippen LogP contribution in [0, 0.1) is 5.92 Å². The molecule has 0 aromatic heterocycles. The van der Waals surface area contributed by atoms with E-state index in [1.807, 2.05) is 16.7 Å². The van der Waals surface area contributed by atoms with E-state index in [1.165, 1.54) is 12.8 Å². The Bertz CT molecular complexity index is 713. The van der Waals surface area contributed by atoms with Gasteiger partial charge in [0, 0.05) is 36.3 Å². The van der Waals surface area contributed by atoms with Gasteiger partial charge in [0.15, 0.2) is 6.61 Å². The molecule has 2 amide bonds. The molecule has 152 valence electrons. The predicted molar refractivity (Wildman–Crippen MR) is 112 cm³/mol. The van der Waals surface area contributed by atoms with Crippen LogP contribution in [0.3, 0.4) is 0 Å². The number of hydrogen-bond acceptors (Lipinski definition) is 4. The third-order valence-corrected chi connectivity index (χ3v) is 8.03. The minimum Gasteiger partial charge on any atom is -0.484 e. The van der Waals surface area contributed by atoms with Gasteiger partial charge in [-0.25, -0.2) is 0 Å². The molecule has 4 rings (SSSR count). The zero-order chi connectivity index (χ0) is 19.6. The predicted octanol–water partition coefficient (Wildman–Crippen LogP) is 3.80. The Labute approximate surface area is 175 Å². The van der Waals surface area contributed by atoms with Crippen LogP contribution in [0.2, 0.25) is 5.02 Å². The smallest absolute Gasteiger partial charge is 0.260 e. The number of thioether (sulfide) groups is 1. The molecule has 0 bridgehead atoms. The zero-order valence-corrected chi connectivity index (χ0v) is 17.6. The maximum absolute atomic E-state index is 13.0. The highest BCUT2D eigenvalue weighted by Gasteiger charge is 2.48. The molecular weight excluding hydrogens is 396 g/mol. The molecule has 1 spiro atoms. The first-order valence-electron chi connectivity index (χ1n) is 10.2. The van der Waals surface area contributed by atoms with Crippen LogP contribution in [0.4, 0.5) is 0 Å². The van der Waals surface area contributed by atoms with Gasteiger partial charge in [-0.1, -0.05) is 24.4 Å². The fourth-order valence-electron chi connectivity index (χ4n) is 4.60. The number of carbonyl (C=O) groups excluding carboxylic acids is 2. The van der Waals surface area contributed by atoms with E-state index in [-0.39, 0.29) is 23.3 Å². The molecule has 7 heteroatoms. The third-order valence-electron chi connectivity index (χ3n) is 6.22. The molecule has 3 fully saturated rings. The van der Waals surface area contributed by atoms with E-state index in [0.29, 0.717) is 29.8 Å². The van der Waals surface area contributed by atoms with Crippen LogP contribution >= 0.6 is 23.4 Å². The van der Waals surface area contributed by atoms with Crippen LogP contribution in [-0.4, -0.2) is 58.5 Å². The minimum atomic E-state index is -0.104. The average Bonchev–Trinajstić information content (AvgIpc) is 3.38. The van der Waals surface area contributed by atoms with Gasteiger partial charge >= 0.3 is 0 Å². The summed E-state index contributed by atoms with van der Waals surface area (Å²) >= 11 is 7.78. The van der Waals surface area contributed by atoms with Gasteiger partial charge < -0.3 is 14.5 Å². The summed E-state index contributed by atoms with van der Waals surface area (Å²) in [6, 6.07) is 7.03. The van der Waals surface area contributed by atoms with Crippen molar-refractivity contribution in [3.05, 3.63) is 29.3 Å². The highest BCUT2D eigenvalue weighted by molar-refractivity contribution is 8.00. The molecular formula is C21H27ClN2O3S. The van der Waals surface area contributed by atoms with E-state index in [0.717, 1.165) is 38.0 Å². The summed E-state index contributed by atoms with van der Waals surface area (Å²) in [6.45, 7) is 2.26. The van der Waals surface area contributed by atoms with Crippen LogP contribution in [0.5, 0.6) is 5.75 Å². The van der Waals surface area contributed by atoms with Crippen molar-refractivity contribution in [3.8, 4) is 5.75 Å². The van der Waals surface area contributed by atoms with Gasteiger partial charge in [-0.2, -0.15) is 0 Å². The Morgan fingerprint density at radius 2 is 1.79 bits per heavy atom. The number of likely N-dealkylation sites (tertiary alicyclic amines) is 1. The monoisotopic (exact) mass is 422 g/mol. The number of halogens is 1. The summed E-state index contributed by atoms with van der Waals surface area (Å²) in [6.07, 6.45) is 6.15. The molecule has 0 N–H and O–H groups in total. The number of benzene rings is 1. The van der Waals surface area contributed by atoms with Crippen molar-refractivity contribution in [3.63, 3.8) is 0 Å². The lowest BCUT2D eigenvalue weighted by Gasteiger charge is -2.44. The van der Waals surface area contributed by atoms with Gasteiger partial charge in [-0.05, 0) is 49.9 Å². The second kappa shape index (κ2) is 8.54. The first-order chi connectivity index (χ1) is 13.6. The molecule has 1 aromatic carbocycles. The third kappa shape index (κ3) is 4.13. The molecule has 0 radical (unpaired) electrons. The van der Waals surface area contributed by atoms with Gasteiger partial charge in [-0.3, -0.25) is 9.59 Å². The van der Waals surface area contributed by atoms with E-state index in [9.17, 15) is 9.59 Å². The van der Waals surface area contributed by atoms with Gasteiger partial charge in [0.25, 0.3) is 5.91 Å². The summed E-state index contributed by atoms with van der Waals surface area (Å²) in [7, 11) is 0. The van der Waals surface area contributed by atoms with Crippen LogP contribution < -0.4 is 4.74 Å². The number of hydrogen-bond donors (Lipinski definition) is 0. The maximum Gasteiger partial charge on any atom is 0.260 e. The average molecular weight is 423 g/mol. The Morgan fingerprint density at radius 3 is 2.46 bits per heavy atom. The molecule has 2 heterocycles.